The Morgan fingerprint density at radius 2 is 1.78 bits per heavy atom. The predicted octanol–water partition coefficient (Wildman–Crippen LogP) is 4.10. The second-order valence-electron chi connectivity index (χ2n) is 7.75. The van der Waals surface area contributed by atoms with Crippen LogP contribution >= 0.6 is 0 Å². The molecule has 0 fully saturated rings. The third kappa shape index (κ3) is 5.26. The fourth-order valence-electron chi connectivity index (χ4n) is 4.01. The number of hydrogen-bond donors (Lipinski definition) is 2. The highest BCUT2D eigenvalue weighted by atomic mass is 16.3. The number of benzene rings is 2. The Bertz CT molecular complexity index is 1010. The maximum atomic E-state index is 13.1. The van der Waals surface area contributed by atoms with E-state index in [1.54, 1.807) is 18.2 Å². The fraction of sp³-hybridized carbons (Fsp3) is 0.308. The second-order valence-corrected chi connectivity index (χ2v) is 7.75. The van der Waals surface area contributed by atoms with E-state index in [-0.39, 0.29) is 11.3 Å². The number of amides is 1. The minimum absolute atomic E-state index is 0.0376. The Kier molecular flexibility index (Phi) is 7.84. The van der Waals surface area contributed by atoms with Crippen LogP contribution in [0.4, 0.5) is 0 Å². The summed E-state index contributed by atoms with van der Waals surface area (Å²) >= 11 is 0. The Hall–Kier alpha value is -3.38. The van der Waals surface area contributed by atoms with Crippen LogP contribution in [0.5, 0.6) is 5.75 Å². The summed E-state index contributed by atoms with van der Waals surface area (Å²) in [6, 6.07) is 15.1. The highest BCUT2D eigenvalue weighted by Crippen LogP contribution is 2.39. The summed E-state index contributed by atoms with van der Waals surface area (Å²) in [5, 5.41) is 20.7. The number of aliphatic hydroxyl groups is 1. The molecular formula is C26H30N2O4. The molecule has 6 nitrogen and oxygen atoms in total. The quantitative estimate of drug-likeness (QED) is 0.550. The third-order valence-corrected chi connectivity index (χ3v) is 5.75. The predicted molar refractivity (Wildman–Crippen MR) is 125 cm³/mol. The molecule has 1 unspecified atom stereocenters. The lowest BCUT2D eigenvalue weighted by molar-refractivity contribution is -0.129. The molecule has 0 spiro atoms. The first kappa shape index (κ1) is 23.3. The van der Waals surface area contributed by atoms with Crippen LogP contribution < -0.4 is 0 Å². The molecule has 32 heavy (non-hydrogen) atoms. The smallest absolute Gasteiger partial charge is 0.290 e. The summed E-state index contributed by atoms with van der Waals surface area (Å²) in [5.74, 6) is -1.48. The van der Waals surface area contributed by atoms with Gasteiger partial charge in [-0.1, -0.05) is 62.4 Å². The lowest BCUT2D eigenvalue weighted by atomic mass is 9.95. The van der Waals surface area contributed by atoms with Crippen LogP contribution in [0.3, 0.4) is 0 Å². The average molecular weight is 435 g/mol. The highest BCUT2D eigenvalue weighted by Gasteiger charge is 2.42. The van der Waals surface area contributed by atoms with Crippen LogP contribution in [0.25, 0.3) is 6.08 Å². The number of allylic oxidation sites excluding steroid dienone is 1. The van der Waals surface area contributed by atoms with Crippen molar-refractivity contribution in [2.24, 2.45) is 0 Å². The Labute approximate surface area is 189 Å². The number of carbonyl (C=O) groups excluding carboxylic acids is 2. The van der Waals surface area contributed by atoms with Gasteiger partial charge in [0.1, 0.15) is 5.75 Å². The largest absolute Gasteiger partial charge is 0.508 e. The molecule has 2 aromatic rings. The standard InChI is InChI=1S/C26H30N2O4/c1-3-27(4-2)16-9-17-28-24(20-12-8-13-21(29)18-20)23(25(31)26(28)32)22(30)15-14-19-10-6-5-7-11-19/h5-8,10-15,18,24,29,31H,3-4,9,16-17H2,1-2H3/b15-14+. The van der Waals surface area contributed by atoms with Crippen LogP contribution in [0.2, 0.25) is 0 Å². The average Bonchev–Trinajstić information content (AvgIpc) is 3.06. The van der Waals surface area contributed by atoms with Gasteiger partial charge >= 0.3 is 0 Å². The van der Waals surface area contributed by atoms with Crippen molar-refractivity contribution in [3.05, 3.63) is 83.1 Å². The summed E-state index contributed by atoms with van der Waals surface area (Å²) < 4.78 is 0. The molecule has 2 N–H and O–H groups in total. The van der Waals surface area contributed by atoms with Crippen molar-refractivity contribution < 1.29 is 19.8 Å². The van der Waals surface area contributed by atoms with Crippen LogP contribution in [-0.4, -0.2) is 57.9 Å². The van der Waals surface area contributed by atoms with Gasteiger partial charge in [0, 0.05) is 6.54 Å². The second kappa shape index (κ2) is 10.8. The molecule has 0 saturated carbocycles. The zero-order chi connectivity index (χ0) is 23.1. The van der Waals surface area contributed by atoms with Crippen molar-refractivity contribution in [3.63, 3.8) is 0 Å². The highest BCUT2D eigenvalue weighted by molar-refractivity contribution is 6.14. The number of carbonyl (C=O) groups is 2. The van der Waals surface area contributed by atoms with E-state index in [0.29, 0.717) is 18.5 Å². The lowest BCUT2D eigenvalue weighted by Crippen LogP contribution is -2.34. The Balaban J connectivity index is 1.90. The Morgan fingerprint density at radius 3 is 2.44 bits per heavy atom. The van der Waals surface area contributed by atoms with Crippen LogP contribution in [0, 0.1) is 0 Å². The summed E-state index contributed by atoms with van der Waals surface area (Å²) in [6.45, 7) is 7.20. The number of ketones is 1. The molecule has 6 heteroatoms. The van der Waals surface area contributed by atoms with Gasteiger partial charge in [-0.15, -0.1) is 0 Å². The van der Waals surface area contributed by atoms with Crippen molar-refractivity contribution in [2.45, 2.75) is 26.3 Å². The zero-order valence-corrected chi connectivity index (χ0v) is 18.6. The van der Waals surface area contributed by atoms with E-state index in [9.17, 15) is 19.8 Å². The molecule has 0 aliphatic carbocycles. The molecule has 168 valence electrons. The monoisotopic (exact) mass is 434 g/mol. The lowest BCUT2D eigenvalue weighted by Gasteiger charge is -2.28. The minimum Gasteiger partial charge on any atom is -0.508 e. The first-order chi connectivity index (χ1) is 15.5. The summed E-state index contributed by atoms with van der Waals surface area (Å²) in [5.41, 5.74) is 1.47. The molecular weight excluding hydrogens is 404 g/mol. The van der Waals surface area contributed by atoms with Gasteiger partial charge in [-0.25, -0.2) is 0 Å². The van der Waals surface area contributed by atoms with Gasteiger partial charge in [0.05, 0.1) is 11.6 Å². The maximum absolute atomic E-state index is 13.1. The van der Waals surface area contributed by atoms with Gasteiger partial charge in [-0.3, -0.25) is 9.59 Å². The van der Waals surface area contributed by atoms with Crippen molar-refractivity contribution in [1.82, 2.24) is 9.80 Å². The topological polar surface area (TPSA) is 81.1 Å². The van der Waals surface area contributed by atoms with Crippen LogP contribution in [0.15, 0.2) is 72.0 Å². The van der Waals surface area contributed by atoms with Gasteiger partial charge in [-0.2, -0.15) is 0 Å². The van der Waals surface area contributed by atoms with Crippen molar-refractivity contribution >= 4 is 17.8 Å². The number of nitrogens with zero attached hydrogens (tertiary/aromatic N) is 2. The first-order valence-electron chi connectivity index (χ1n) is 11.0. The van der Waals surface area contributed by atoms with E-state index >= 15 is 0 Å². The maximum Gasteiger partial charge on any atom is 0.290 e. The molecule has 1 amide bonds. The number of aromatic hydroxyl groups is 1. The number of phenolic OH excluding ortho intramolecular Hbond substituents is 1. The van der Waals surface area contributed by atoms with Crippen molar-refractivity contribution in [1.29, 1.82) is 0 Å². The molecule has 0 radical (unpaired) electrons. The van der Waals surface area contributed by atoms with Gasteiger partial charge < -0.3 is 20.0 Å². The van der Waals surface area contributed by atoms with E-state index < -0.39 is 23.5 Å². The zero-order valence-electron chi connectivity index (χ0n) is 18.6. The Morgan fingerprint density at radius 1 is 1.06 bits per heavy atom. The fourth-order valence-corrected chi connectivity index (χ4v) is 4.01. The normalized spacial score (nSPS) is 16.5. The number of aliphatic hydroxyl groups excluding tert-OH is 1. The summed E-state index contributed by atoms with van der Waals surface area (Å²) in [7, 11) is 0. The summed E-state index contributed by atoms with van der Waals surface area (Å²) in [4.78, 5) is 29.8. The molecule has 1 aliphatic heterocycles. The van der Waals surface area contributed by atoms with Gasteiger partial charge in [0.2, 0.25) is 0 Å². The number of rotatable bonds is 10. The van der Waals surface area contributed by atoms with E-state index in [1.165, 1.54) is 23.1 Å². The van der Waals surface area contributed by atoms with Crippen molar-refractivity contribution in [2.75, 3.05) is 26.2 Å². The van der Waals surface area contributed by atoms with E-state index in [1.807, 2.05) is 30.3 Å². The van der Waals surface area contributed by atoms with Gasteiger partial charge in [-0.05, 0) is 55.4 Å². The molecule has 0 aromatic heterocycles. The van der Waals surface area contributed by atoms with Crippen molar-refractivity contribution in [3.8, 4) is 5.75 Å². The molecule has 2 aromatic carbocycles. The molecule has 0 bridgehead atoms. The summed E-state index contributed by atoms with van der Waals surface area (Å²) in [6.07, 6.45) is 3.75. The van der Waals surface area contributed by atoms with Gasteiger partial charge in [0.15, 0.2) is 11.5 Å². The molecule has 0 saturated heterocycles. The van der Waals surface area contributed by atoms with Crippen LogP contribution in [-0.2, 0) is 9.59 Å². The molecule has 3 rings (SSSR count). The van der Waals surface area contributed by atoms with Crippen LogP contribution in [0.1, 0.15) is 37.4 Å². The minimum atomic E-state index is -0.751. The van der Waals surface area contributed by atoms with E-state index in [4.69, 9.17) is 0 Å². The van der Waals surface area contributed by atoms with E-state index in [0.717, 1.165) is 25.2 Å². The van der Waals surface area contributed by atoms with Gasteiger partial charge in [0.25, 0.3) is 5.91 Å². The molecule has 1 atom stereocenters. The SMILES string of the molecule is CCN(CC)CCCN1C(=O)C(O)=C(C(=O)/C=C/c2ccccc2)C1c1cccc(O)c1. The number of phenols is 1. The molecule has 1 heterocycles. The first-order valence-corrected chi connectivity index (χ1v) is 11.0. The van der Waals surface area contributed by atoms with E-state index in [2.05, 4.69) is 18.7 Å². The molecule has 1 aliphatic rings. The third-order valence-electron chi connectivity index (χ3n) is 5.75. The number of hydrogen-bond acceptors (Lipinski definition) is 5.